The summed E-state index contributed by atoms with van der Waals surface area (Å²) in [7, 11) is 3.32. The van der Waals surface area contributed by atoms with Crippen LogP contribution < -0.4 is 14.8 Å². The summed E-state index contributed by atoms with van der Waals surface area (Å²) in [4.78, 5) is 4.56. The lowest BCUT2D eigenvalue weighted by atomic mass is 10.0. The highest BCUT2D eigenvalue weighted by atomic mass is 16.5. The maximum atomic E-state index is 5.26. The first-order valence-electron chi connectivity index (χ1n) is 10.0. The van der Waals surface area contributed by atoms with Crippen LogP contribution in [-0.2, 0) is 0 Å². The zero-order valence-electron chi connectivity index (χ0n) is 17.6. The van der Waals surface area contributed by atoms with Crippen molar-refractivity contribution < 1.29 is 9.47 Å². The van der Waals surface area contributed by atoms with E-state index >= 15 is 0 Å². The molecule has 4 nitrogen and oxygen atoms in total. The largest absolute Gasteiger partial charge is 0.497 e. The molecule has 4 aromatic carbocycles. The zero-order valence-corrected chi connectivity index (χ0v) is 17.6. The molecule has 4 rings (SSSR count). The molecule has 0 aliphatic carbocycles. The Morgan fingerprint density at radius 2 is 1.39 bits per heavy atom. The quantitative estimate of drug-likeness (QED) is 0.346. The monoisotopic (exact) mass is 408 g/mol. The lowest BCUT2D eigenvalue weighted by Gasteiger charge is -2.12. The molecule has 0 radical (unpaired) electrons. The molecule has 4 heteroatoms. The molecule has 0 aliphatic heterocycles. The number of hydrogen-bond acceptors (Lipinski definition) is 4. The number of benzene rings is 4. The number of aliphatic imine (C=N–C) groups is 1. The van der Waals surface area contributed by atoms with Crippen molar-refractivity contribution in [3.05, 3.63) is 103 Å². The molecule has 0 spiro atoms. The van der Waals surface area contributed by atoms with Crippen LogP contribution in [0.1, 0.15) is 5.56 Å². The summed E-state index contributed by atoms with van der Waals surface area (Å²) in [5, 5.41) is 5.91. The van der Waals surface area contributed by atoms with Crippen molar-refractivity contribution >= 4 is 34.1 Å². The Labute approximate surface area is 182 Å². The number of ether oxygens (including phenoxy) is 2. The van der Waals surface area contributed by atoms with Crippen LogP contribution in [0, 0.1) is 0 Å². The van der Waals surface area contributed by atoms with Crippen molar-refractivity contribution in [3.8, 4) is 11.5 Å². The molecule has 154 valence electrons. The van der Waals surface area contributed by atoms with Gasteiger partial charge in [-0.3, -0.25) is 4.99 Å². The number of hydrogen-bond donors (Lipinski definition) is 1. The van der Waals surface area contributed by atoms with Gasteiger partial charge >= 0.3 is 0 Å². The van der Waals surface area contributed by atoms with Crippen molar-refractivity contribution in [3.63, 3.8) is 0 Å². The Morgan fingerprint density at radius 1 is 0.742 bits per heavy atom. The van der Waals surface area contributed by atoms with Gasteiger partial charge in [0.2, 0.25) is 0 Å². The van der Waals surface area contributed by atoms with E-state index in [1.807, 2.05) is 60.8 Å². The van der Waals surface area contributed by atoms with E-state index in [0.29, 0.717) is 0 Å². The molecule has 0 amide bonds. The minimum atomic E-state index is 0.813. The van der Waals surface area contributed by atoms with Crippen LogP contribution in [-0.4, -0.2) is 20.4 Å². The summed E-state index contributed by atoms with van der Waals surface area (Å²) >= 11 is 0. The van der Waals surface area contributed by atoms with E-state index in [4.69, 9.17) is 9.47 Å². The molecule has 0 saturated carbocycles. The number of anilines is 1. The second-order valence-electron chi connectivity index (χ2n) is 6.97. The third-order valence-corrected chi connectivity index (χ3v) is 4.97. The third kappa shape index (κ3) is 5.11. The molecule has 0 aliphatic rings. The summed E-state index contributed by atoms with van der Waals surface area (Å²) in [6.07, 6.45) is 3.79. The molecule has 31 heavy (non-hydrogen) atoms. The summed E-state index contributed by atoms with van der Waals surface area (Å²) in [5.41, 5.74) is 3.86. The van der Waals surface area contributed by atoms with Gasteiger partial charge in [-0.05, 0) is 77.0 Å². The average molecular weight is 409 g/mol. The van der Waals surface area contributed by atoms with E-state index in [2.05, 4.69) is 52.8 Å². The van der Waals surface area contributed by atoms with Crippen LogP contribution in [0.4, 0.5) is 11.4 Å². The number of fused-ring (bicyclic) bond motifs is 1. The Morgan fingerprint density at radius 3 is 2.06 bits per heavy atom. The van der Waals surface area contributed by atoms with Crippen LogP contribution in [0.2, 0.25) is 0 Å². The van der Waals surface area contributed by atoms with Crippen LogP contribution in [0.3, 0.4) is 0 Å². The average Bonchev–Trinajstić information content (AvgIpc) is 2.84. The van der Waals surface area contributed by atoms with Crippen LogP contribution in [0.5, 0.6) is 11.5 Å². The molecular formula is C27H24N2O2. The minimum Gasteiger partial charge on any atom is -0.497 e. The Bertz CT molecular complexity index is 1210. The van der Waals surface area contributed by atoms with E-state index in [0.717, 1.165) is 34.1 Å². The summed E-state index contributed by atoms with van der Waals surface area (Å²) in [5.74, 6) is 1.63. The van der Waals surface area contributed by atoms with Gasteiger partial charge < -0.3 is 14.8 Å². The van der Waals surface area contributed by atoms with Crippen LogP contribution >= 0.6 is 0 Å². The molecule has 0 saturated heterocycles. The molecule has 0 heterocycles. The molecule has 1 N–H and O–H groups in total. The van der Waals surface area contributed by atoms with Gasteiger partial charge in [-0.1, -0.05) is 36.4 Å². The number of nitrogens with zero attached hydrogens (tertiary/aromatic N) is 1. The van der Waals surface area contributed by atoms with E-state index < -0.39 is 0 Å². The SMILES string of the molecule is COc1ccc(N=C/C=C(\Nc2ccc(OC)cc2)c2ccc3ccccc3c2)cc1. The standard InChI is InChI=1S/C27H24N2O2/c1-30-25-13-9-23(10-14-25)28-18-17-27(29-24-11-15-26(31-2)16-12-24)22-8-7-20-5-3-4-6-21(20)19-22/h3-19,29H,1-2H3/b27-17-,28-18?. The zero-order chi connectivity index (χ0) is 21.5. The van der Waals surface area contributed by atoms with Gasteiger partial charge in [0.05, 0.1) is 19.9 Å². The Kier molecular flexibility index (Phi) is 6.29. The Balaban J connectivity index is 1.65. The lowest BCUT2D eigenvalue weighted by molar-refractivity contribution is 0.415. The molecular weight excluding hydrogens is 384 g/mol. The van der Waals surface area contributed by atoms with Crippen molar-refractivity contribution in [2.24, 2.45) is 4.99 Å². The number of allylic oxidation sites excluding steroid dienone is 1. The van der Waals surface area contributed by atoms with Gasteiger partial charge in [-0.25, -0.2) is 0 Å². The van der Waals surface area contributed by atoms with E-state index in [9.17, 15) is 0 Å². The number of methoxy groups -OCH3 is 2. The van der Waals surface area contributed by atoms with Gasteiger partial charge in [0.25, 0.3) is 0 Å². The summed E-state index contributed by atoms with van der Waals surface area (Å²) in [6, 6.07) is 30.3. The predicted molar refractivity (Wildman–Crippen MR) is 130 cm³/mol. The second kappa shape index (κ2) is 9.63. The number of rotatable bonds is 7. The van der Waals surface area contributed by atoms with Gasteiger partial charge in [0, 0.05) is 17.6 Å². The van der Waals surface area contributed by atoms with Crippen molar-refractivity contribution in [2.45, 2.75) is 0 Å². The minimum absolute atomic E-state index is 0.813. The number of nitrogens with one attached hydrogen (secondary N) is 1. The van der Waals surface area contributed by atoms with E-state index in [-0.39, 0.29) is 0 Å². The molecule has 0 atom stereocenters. The molecule has 0 unspecified atom stereocenters. The smallest absolute Gasteiger partial charge is 0.119 e. The summed E-state index contributed by atoms with van der Waals surface area (Å²) in [6.45, 7) is 0. The van der Waals surface area contributed by atoms with Gasteiger partial charge in [0.15, 0.2) is 0 Å². The van der Waals surface area contributed by atoms with Gasteiger partial charge in [-0.2, -0.15) is 0 Å². The van der Waals surface area contributed by atoms with Crippen molar-refractivity contribution in [1.29, 1.82) is 0 Å². The highest BCUT2D eigenvalue weighted by Gasteiger charge is 2.04. The topological polar surface area (TPSA) is 42.8 Å². The molecule has 0 aromatic heterocycles. The fourth-order valence-electron chi connectivity index (χ4n) is 3.26. The fourth-order valence-corrected chi connectivity index (χ4v) is 3.26. The van der Waals surface area contributed by atoms with Gasteiger partial charge in [-0.15, -0.1) is 0 Å². The highest BCUT2D eigenvalue weighted by molar-refractivity contribution is 5.93. The van der Waals surface area contributed by atoms with E-state index in [1.165, 1.54) is 10.8 Å². The molecule has 0 bridgehead atoms. The third-order valence-electron chi connectivity index (χ3n) is 4.97. The molecule has 0 fully saturated rings. The van der Waals surface area contributed by atoms with Crippen LogP contribution in [0.25, 0.3) is 16.5 Å². The summed E-state index contributed by atoms with van der Waals surface area (Å²) < 4.78 is 10.5. The molecule has 4 aromatic rings. The van der Waals surface area contributed by atoms with Crippen molar-refractivity contribution in [2.75, 3.05) is 19.5 Å². The normalized spacial score (nSPS) is 11.6. The first kappa shape index (κ1) is 20.2. The predicted octanol–water partition coefficient (Wildman–Crippen LogP) is 6.71. The Hall–Kier alpha value is -4.05. The lowest BCUT2D eigenvalue weighted by Crippen LogP contribution is -1.99. The van der Waals surface area contributed by atoms with Crippen molar-refractivity contribution in [1.82, 2.24) is 0 Å². The second-order valence-corrected chi connectivity index (χ2v) is 6.97. The van der Waals surface area contributed by atoms with Crippen LogP contribution in [0.15, 0.2) is 102 Å². The maximum Gasteiger partial charge on any atom is 0.119 e. The maximum absolute atomic E-state index is 5.26. The fraction of sp³-hybridized carbons (Fsp3) is 0.0741. The van der Waals surface area contributed by atoms with Gasteiger partial charge in [0.1, 0.15) is 11.5 Å². The first-order chi connectivity index (χ1) is 15.2. The van der Waals surface area contributed by atoms with E-state index in [1.54, 1.807) is 14.2 Å². The highest BCUT2D eigenvalue weighted by Crippen LogP contribution is 2.24. The first-order valence-corrected chi connectivity index (χ1v) is 10.0.